The number of hydrogen-bond donors (Lipinski definition) is 2. The summed E-state index contributed by atoms with van der Waals surface area (Å²) >= 11 is 0. The van der Waals surface area contributed by atoms with Gasteiger partial charge in [0.15, 0.2) is 0 Å². The fraction of sp³-hybridized carbons (Fsp3) is 0.800. The van der Waals surface area contributed by atoms with Crippen LogP contribution in [0.15, 0.2) is 16.4 Å². The van der Waals surface area contributed by atoms with Crippen LogP contribution >= 0.6 is 0 Å². The van der Waals surface area contributed by atoms with Gasteiger partial charge in [0.2, 0.25) is 0 Å². The Morgan fingerprint density at radius 3 is 3.10 bits per heavy atom. The monoisotopic (exact) mass is 278 g/mol. The number of nitrogens with zero attached hydrogens (tertiary/aromatic N) is 2. The van der Waals surface area contributed by atoms with E-state index in [-0.39, 0.29) is 6.04 Å². The molecule has 20 heavy (non-hydrogen) atoms. The summed E-state index contributed by atoms with van der Waals surface area (Å²) in [4.78, 5) is 6.43. The third-order valence-corrected chi connectivity index (χ3v) is 4.95. The van der Waals surface area contributed by atoms with Gasteiger partial charge in [-0.2, -0.15) is 0 Å². The molecule has 5 nitrogen and oxygen atoms in total. The maximum Gasteiger partial charge on any atom is 0.115 e. The lowest BCUT2D eigenvalue weighted by molar-refractivity contribution is 0.163. The van der Waals surface area contributed by atoms with E-state index in [9.17, 15) is 0 Å². The van der Waals surface area contributed by atoms with Crippen LogP contribution in [0.3, 0.4) is 0 Å². The van der Waals surface area contributed by atoms with E-state index in [0.717, 1.165) is 44.8 Å². The van der Waals surface area contributed by atoms with Gasteiger partial charge in [-0.25, -0.2) is 0 Å². The van der Waals surface area contributed by atoms with Crippen LogP contribution < -0.4 is 11.1 Å². The van der Waals surface area contributed by atoms with Gasteiger partial charge in [-0.15, -0.1) is 0 Å². The van der Waals surface area contributed by atoms with Gasteiger partial charge in [-0.3, -0.25) is 4.99 Å². The van der Waals surface area contributed by atoms with Crippen LogP contribution in [0.5, 0.6) is 0 Å². The highest BCUT2D eigenvalue weighted by molar-refractivity contribution is 5.56. The van der Waals surface area contributed by atoms with Gasteiger partial charge in [0.05, 0.1) is 25.1 Å². The molecule has 0 amide bonds. The largest absolute Gasteiger partial charge is 0.494 e. The van der Waals surface area contributed by atoms with Crippen molar-refractivity contribution in [3.63, 3.8) is 0 Å². The van der Waals surface area contributed by atoms with Crippen molar-refractivity contribution in [3.8, 4) is 0 Å². The minimum absolute atomic E-state index is 0.274. The minimum Gasteiger partial charge on any atom is -0.494 e. The van der Waals surface area contributed by atoms with Gasteiger partial charge in [0.25, 0.3) is 0 Å². The van der Waals surface area contributed by atoms with Crippen molar-refractivity contribution in [2.24, 2.45) is 22.6 Å². The third kappa shape index (κ3) is 2.51. The van der Waals surface area contributed by atoms with Crippen molar-refractivity contribution in [1.29, 1.82) is 0 Å². The molecular weight excluding hydrogens is 252 g/mol. The number of hydrogen-bond acceptors (Lipinski definition) is 5. The Hall–Kier alpha value is -1.23. The van der Waals surface area contributed by atoms with Crippen molar-refractivity contribution in [2.45, 2.75) is 38.8 Å². The Kier molecular flexibility index (Phi) is 3.87. The first-order valence-electron chi connectivity index (χ1n) is 7.79. The van der Waals surface area contributed by atoms with Crippen LogP contribution in [0.1, 0.15) is 26.7 Å². The number of ether oxygens (including phenoxy) is 1. The molecule has 0 saturated carbocycles. The fourth-order valence-electron chi connectivity index (χ4n) is 3.55. The predicted octanol–water partition coefficient (Wildman–Crippen LogP) is 0.924. The van der Waals surface area contributed by atoms with Crippen LogP contribution in [0, 0.1) is 11.8 Å². The molecule has 3 N–H and O–H groups in total. The Morgan fingerprint density at radius 1 is 1.50 bits per heavy atom. The molecule has 4 atom stereocenters. The Bertz CT molecular complexity index is 420. The van der Waals surface area contributed by atoms with Crippen molar-refractivity contribution >= 4 is 6.34 Å². The van der Waals surface area contributed by atoms with E-state index in [1.54, 1.807) is 0 Å². The predicted molar refractivity (Wildman–Crippen MR) is 80.4 cm³/mol. The number of nitrogens with two attached hydrogens (primary N) is 1. The minimum atomic E-state index is 0.274. The first kappa shape index (κ1) is 13.7. The summed E-state index contributed by atoms with van der Waals surface area (Å²) < 4.78 is 6.06. The molecule has 3 aliphatic rings. The molecular formula is C15H26N4O. The number of nitrogens with one attached hydrogen (secondary N) is 1. The van der Waals surface area contributed by atoms with Crippen LogP contribution in [0.2, 0.25) is 0 Å². The Balaban J connectivity index is 1.62. The molecule has 112 valence electrons. The highest BCUT2D eigenvalue weighted by Gasteiger charge is 2.42. The Morgan fingerprint density at radius 2 is 2.35 bits per heavy atom. The molecule has 2 aliphatic heterocycles. The molecule has 0 aromatic rings. The zero-order chi connectivity index (χ0) is 14.1. The molecule has 0 radical (unpaired) electrons. The SMILES string of the molecule is CC1NC2=C(OCCN3C=NCC3)CCC(N)C2C1C. The summed E-state index contributed by atoms with van der Waals surface area (Å²) in [5.74, 6) is 2.18. The van der Waals surface area contributed by atoms with Crippen molar-refractivity contribution < 1.29 is 4.74 Å². The summed E-state index contributed by atoms with van der Waals surface area (Å²) in [6.07, 6.45) is 3.93. The highest BCUT2D eigenvalue weighted by Crippen LogP contribution is 2.39. The molecule has 0 bridgehead atoms. The zero-order valence-electron chi connectivity index (χ0n) is 12.5. The van der Waals surface area contributed by atoms with E-state index in [1.165, 1.54) is 5.70 Å². The topological polar surface area (TPSA) is 62.9 Å². The van der Waals surface area contributed by atoms with Gasteiger partial charge in [0.1, 0.15) is 12.4 Å². The second-order valence-corrected chi connectivity index (χ2v) is 6.26. The van der Waals surface area contributed by atoms with Gasteiger partial charge in [0, 0.05) is 31.0 Å². The van der Waals surface area contributed by atoms with Gasteiger partial charge >= 0.3 is 0 Å². The van der Waals surface area contributed by atoms with Crippen molar-refractivity contribution in [1.82, 2.24) is 10.2 Å². The smallest absolute Gasteiger partial charge is 0.115 e. The third-order valence-electron chi connectivity index (χ3n) is 4.95. The summed E-state index contributed by atoms with van der Waals surface area (Å²) in [6.45, 7) is 8.12. The first-order chi connectivity index (χ1) is 9.66. The van der Waals surface area contributed by atoms with Gasteiger partial charge in [-0.1, -0.05) is 6.92 Å². The normalized spacial score (nSPS) is 36.2. The highest BCUT2D eigenvalue weighted by atomic mass is 16.5. The molecule has 1 saturated heterocycles. The molecule has 0 aromatic heterocycles. The summed E-state index contributed by atoms with van der Waals surface area (Å²) in [6, 6.07) is 0.763. The van der Waals surface area contributed by atoms with Crippen molar-refractivity contribution in [3.05, 3.63) is 11.5 Å². The molecule has 3 rings (SSSR count). The summed E-state index contributed by atoms with van der Waals surface area (Å²) in [5, 5.41) is 3.60. The standard InChI is InChI=1S/C15H26N4O/c1-10-11(2)18-15-13(4-3-12(16)14(10)15)20-8-7-19-6-5-17-9-19/h9-12,14,18H,3-8,16H2,1-2H3. The number of aliphatic imine (C=N–C) groups is 1. The lowest BCUT2D eigenvalue weighted by Gasteiger charge is -2.30. The van der Waals surface area contributed by atoms with E-state index in [1.807, 2.05) is 6.34 Å². The average Bonchev–Trinajstić information content (AvgIpc) is 3.03. The lowest BCUT2D eigenvalue weighted by Crippen LogP contribution is -2.37. The zero-order valence-corrected chi connectivity index (χ0v) is 12.5. The van der Waals surface area contributed by atoms with E-state index < -0.39 is 0 Å². The average molecular weight is 278 g/mol. The molecule has 1 aliphatic carbocycles. The van der Waals surface area contributed by atoms with E-state index in [0.29, 0.717) is 17.9 Å². The number of fused-ring (bicyclic) bond motifs is 1. The summed E-state index contributed by atoms with van der Waals surface area (Å²) in [7, 11) is 0. The van der Waals surface area contributed by atoms with Crippen molar-refractivity contribution in [2.75, 3.05) is 26.2 Å². The van der Waals surface area contributed by atoms with Crippen LogP contribution in [-0.2, 0) is 4.74 Å². The molecule has 4 unspecified atom stereocenters. The second-order valence-electron chi connectivity index (χ2n) is 6.26. The molecule has 1 fully saturated rings. The van der Waals surface area contributed by atoms with Gasteiger partial charge < -0.3 is 20.7 Å². The lowest BCUT2D eigenvalue weighted by atomic mass is 9.80. The quantitative estimate of drug-likeness (QED) is 0.803. The van der Waals surface area contributed by atoms with Crippen LogP contribution in [-0.4, -0.2) is 49.6 Å². The number of rotatable bonds is 4. The van der Waals surface area contributed by atoms with Gasteiger partial charge in [-0.05, 0) is 19.3 Å². The summed E-state index contributed by atoms with van der Waals surface area (Å²) in [5.41, 5.74) is 7.58. The first-order valence-corrected chi connectivity index (χ1v) is 7.79. The van der Waals surface area contributed by atoms with E-state index >= 15 is 0 Å². The second kappa shape index (κ2) is 5.64. The van der Waals surface area contributed by atoms with Crippen LogP contribution in [0.25, 0.3) is 0 Å². The van der Waals surface area contributed by atoms with E-state index in [2.05, 4.69) is 29.1 Å². The molecule has 5 heteroatoms. The van der Waals surface area contributed by atoms with E-state index in [4.69, 9.17) is 10.5 Å². The maximum absolute atomic E-state index is 6.31. The van der Waals surface area contributed by atoms with Crippen LogP contribution in [0.4, 0.5) is 0 Å². The number of allylic oxidation sites excluding steroid dienone is 1. The maximum atomic E-state index is 6.31. The fourth-order valence-corrected chi connectivity index (χ4v) is 3.55. The molecule has 0 spiro atoms. The Labute approximate surface area is 121 Å². The molecule has 2 heterocycles. The molecule has 0 aromatic carbocycles.